The quantitative estimate of drug-likeness (QED) is 0.359. The molecular weight excluding hydrogens is 420 g/mol. The van der Waals surface area contributed by atoms with E-state index in [0.717, 1.165) is 37.2 Å². The van der Waals surface area contributed by atoms with Crippen molar-refractivity contribution in [2.75, 3.05) is 14.1 Å². The Morgan fingerprint density at radius 1 is 0.706 bits per heavy atom. The standard InChI is InChI=1S/C28H38N6/c1-5-33-23-15-9-7-13-21(23)29-27(33)19-31(3)25-17-11-12-18-26(25)32(4)20-28-30-22-14-8-10-16-24(22)34(28)6-2/h7-10,13-16,25-26H,5-6,11-12,17-20H2,1-4H3. The van der Waals surface area contributed by atoms with Gasteiger partial charge in [-0.05, 0) is 65.0 Å². The molecule has 0 radical (unpaired) electrons. The Kier molecular flexibility index (Phi) is 6.70. The van der Waals surface area contributed by atoms with Crippen LogP contribution in [0.1, 0.15) is 51.2 Å². The number of aromatic nitrogens is 4. The molecule has 2 atom stereocenters. The second-order valence-corrected chi connectivity index (χ2v) is 9.77. The minimum atomic E-state index is 0.517. The highest BCUT2D eigenvalue weighted by molar-refractivity contribution is 5.76. The van der Waals surface area contributed by atoms with Gasteiger partial charge >= 0.3 is 0 Å². The molecule has 1 aliphatic rings. The predicted octanol–water partition coefficient (Wildman–Crippen LogP) is 5.30. The maximum absolute atomic E-state index is 5.00. The summed E-state index contributed by atoms with van der Waals surface area (Å²) in [6.07, 6.45) is 5.08. The largest absolute Gasteiger partial charge is 0.327 e. The summed E-state index contributed by atoms with van der Waals surface area (Å²) >= 11 is 0. The predicted molar refractivity (Wildman–Crippen MR) is 140 cm³/mol. The summed E-state index contributed by atoms with van der Waals surface area (Å²) in [4.78, 5) is 15.1. The van der Waals surface area contributed by atoms with E-state index in [-0.39, 0.29) is 0 Å². The van der Waals surface area contributed by atoms with Crippen molar-refractivity contribution in [3.8, 4) is 0 Å². The summed E-state index contributed by atoms with van der Waals surface area (Å²) in [6, 6.07) is 18.0. The molecule has 2 unspecified atom stereocenters. The van der Waals surface area contributed by atoms with Gasteiger partial charge in [0.2, 0.25) is 0 Å². The van der Waals surface area contributed by atoms with E-state index in [0.29, 0.717) is 12.1 Å². The number of benzene rings is 2. The molecule has 4 aromatic rings. The number of aryl methyl sites for hydroxylation is 2. The van der Waals surface area contributed by atoms with Gasteiger partial charge in [-0.1, -0.05) is 37.1 Å². The Balaban J connectivity index is 1.36. The second kappa shape index (κ2) is 9.88. The van der Waals surface area contributed by atoms with Gasteiger partial charge in [0.25, 0.3) is 0 Å². The fourth-order valence-electron chi connectivity index (χ4n) is 6.00. The molecule has 180 valence electrons. The van der Waals surface area contributed by atoms with Crippen LogP contribution in [0.5, 0.6) is 0 Å². The van der Waals surface area contributed by atoms with Crippen molar-refractivity contribution >= 4 is 22.1 Å². The van der Waals surface area contributed by atoms with Crippen LogP contribution < -0.4 is 0 Å². The number of hydrogen-bond donors (Lipinski definition) is 0. The molecule has 0 amide bonds. The van der Waals surface area contributed by atoms with Crippen LogP contribution in [0.2, 0.25) is 0 Å². The maximum atomic E-state index is 5.00. The Hall–Kier alpha value is -2.70. The lowest BCUT2D eigenvalue weighted by atomic mass is 9.88. The fourth-order valence-corrected chi connectivity index (χ4v) is 6.00. The van der Waals surface area contributed by atoms with Gasteiger partial charge in [-0.25, -0.2) is 9.97 Å². The molecule has 0 aliphatic heterocycles. The lowest BCUT2D eigenvalue weighted by molar-refractivity contribution is 0.0656. The van der Waals surface area contributed by atoms with E-state index in [2.05, 4.69) is 95.4 Å². The minimum absolute atomic E-state index is 0.517. The first-order valence-electron chi connectivity index (χ1n) is 12.9. The van der Waals surface area contributed by atoms with Gasteiger partial charge in [0.05, 0.1) is 35.2 Å². The molecule has 2 aromatic carbocycles. The van der Waals surface area contributed by atoms with Crippen molar-refractivity contribution in [1.29, 1.82) is 0 Å². The van der Waals surface area contributed by atoms with Gasteiger partial charge < -0.3 is 9.13 Å². The summed E-state index contributed by atoms with van der Waals surface area (Å²) in [6.45, 7) is 8.09. The first-order chi connectivity index (χ1) is 16.6. The molecule has 5 rings (SSSR count). The van der Waals surface area contributed by atoms with Crippen molar-refractivity contribution in [1.82, 2.24) is 28.9 Å². The van der Waals surface area contributed by atoms with Crippen LogP contribution in [0, 0.1) is 0 Å². The van der Waals surface area contributed by atoms with Crippen LogP contribution in [-0.4, -0.2) is 55.1 Å². The number of hydrogen-bond acceptors (Lipinski definition) is 4. The minimum Gasteiger partial charge on any atom is -0.327 e. The van der Waals surface area contributed by atoms with Crippen LogP contribution in [0.4, 0.5) is 0 Å². The third-order valence-electron chi connectivity index (χ3n) is 7.71. The number of likely N-dealkylation sites (N-methyl/N-ethyl adjacent to an activating group) is 2. The van der Waals surface area contributed by atoms with Crippen LogP contribution in [0.15, 0.2) is 48.5 Å². The van der Waals surface area contributed by atoms with Crippen LogP contribution in [0.3, 0.4) is 0 Å². The van der Waals surface area contributed by atoms with E-state index in [1.165, 1.54) is 48.4 Å². The number of rotatable bonds is 8. The van der Waals surface area contributed by atoms with Gasteiger partial charge in [0, 0.05) is 25.2 Å². The molecule has 0 spiro atoms. The van der Waals surface area contributed by atoms with Crippen LogP contribution in [0.25, 0.3) is 22.1 Å². The zero-order valence-corrected chi connectivity index (χ0v) is 21.1. The lowest BCUT2D eigenvalue weighted by Crippen LogP contribution is -2.50. The van der Waals surface area contributed by atoms with E-state index >= 15 is 0 Å². The van der Waals surface area contributed by atoms with Crippen LogP contribution >= 0.6 is 0 Å². The van der Waals surface area contributed by atoms with Crippen molar-refractivity contribution in [3.05, 3.63) is 60.2 Å². The van der Waals surface area contributed by atoms with Crippen molar-refractivity contribution in [2.45, 2.75) is 77.8 Å². The number of nitrogens with zero attached hydrogens (tertiary/aromatic N) is 6. The zero-order chi connectivity index (χ0) is 23.7. The average Bonchev–Trinajstić information content (AvgIpc) is 3.40. The molecule has 2 aromatic heterocycles. The zero-order valence-electron chi connectivity index (χ0n) is 21.1. The summed E-state index contributed by atoms with van der Waals surface area (Å²) in [5.41, 5.74) is 4.68. The smallest absolute Gasteiger partial charge is 0.124 e. The van der Waals surface area contributed by atoms with E-state index in [1.54, 1.807) is 0 Å². The summed E-state index contributed by atoms with van der Waals surface area (Å²) in [5.74, 6) is 2.34. The first-order valence-corrected chi connectivity index (χ1v) is 12.9. The third kappa shape index (κ3) is 4.25. The Labute approximate surface area is 203 Å². The molecule has 1 aliphatic carbocycles. The SMILES string of the molecule is CCn1c(CN(C)C2CCCCC2N(C)Cc2nc3ccccc3n2CC)nc2ccccc21. The van der Waals surface area contributed by atoms with Gasteiger partial charge in [-0.2, -0.15) is 0 Å². The molecule has 1 saturated carbocycles. The van der Waals surface area contributed by atoms with E-state index in [1.807, 2.05) is 0 Å². The number of fused-ring (bicyclic) bond motifs is 2. The Bertz CT molecular complexity index is 1160. The van der Waals surface area contributed by atoms with Crippen LogP contribution in [-0.2, 0) is 26.2 Å². The molecular formula is C28H38N6. The van der Waals surface area contributed by atoms with Gasteiger partial charge in [-0.3, -0.25) is 9.80 Å². The van der Waals surface area contributed by atoms with Gasteiger partial charge in [0.1, 0.15) is 11.6 Å². The molecule has 0 saturated heterocycles. The molecule has 1 fully saturated rings. The maximum Gasteiger partial charge on any atom is 0.124 e. The normalized spacial score (nSPS) is 19.1. The van der Waals surface area contributed by atoms with Gasteiger partial charge in [0.15, 0.2) is 0 Å². The van der Waals surface area contributed by atoms with Crippen molar-refractivity contribution in [3.63, 3.8) is 0 Å². The molecule has 6 heteroatoms. The topological polar surface area (TPSA) is 42.1 Å². The first kappa shape index (κ1) is 23.1. The highest BCUT2D eigenvalue weighted by Crippen LogP contribution is 2.29. The molecule has 0 N–H and O–H groups in total. The van der Waals surface area contributed by atoms with Crippen molar-refractivity contribution in [2.24, 2.45) is 0 Å². The van der Waals surface area contributed by atoms with E-state index < -0.39 is 0 Å². The Morgan fingerprint density at radius 3 is 1.53 bits per heavy atom. The highest BCUT2D eigenvalue weighted by Gasteiger charge is 2.32. The molecule has 0 bridgehead atoms. The highest BCUT2D eigenvalue weighted by atomic mass is 15.3. The Morgan fingerprint density at radius 2 is 1.12 bits per heavy atom. The summed E-state index contributed by atoms with van der Waals surface area (Å²) in [5, 5.41) is 0. The van der Waals surface area contributed by atoms with Crippen molar-refractivity contribution < 1.29 is 0 Å². The molecule has 34 heavy (non-hydrogen) atoms. The third-order valence-corrected chi connectivity index (χ3v) is 7.71. The van der Waals surface area contributed by atoms with E-state index in [4.69, 9.17) is 9.97 Å². The summed E-state index contributed by atoms with van der Waals surface area (Å²) in [7, 11) is 4.58. The summed E-state index contributed by atoms with van der Waals surface area (Å²) < 4.78 is 4.74. The lowest BCUT2D eigenvalue weighted by Gasteiger charge is -2.42. The van der Waals surface area contributed by atoms with E-state index in [9.17, 15) is 0 Å². The molecule has 6 nitrogen and oxygen atoms in total. The number of para-hydroxylation sites is 4. The van der Waals surface area contributed by atoms with Gasteiger partial charge in [-0.15, -0.1) is 0 Å². The second-order valence-electron chi connectivity index (χ2n) is 9.77. The average molecular weight is 459 g/mol. The fraction of sp³-hybridized carbons (Fsp3) is 0.500. The molecule has 2 heterocycles. The number of imidazole rings is 2. The monoisotopic (exact) mass is 458 g/mol.